The second-order valence-corrected chi connectivity index (χ2v) is 7.45. The molecule has 1 aromatic carbocycles. The van der Waals surface area contributed by atoms with Crippen LogP contribution in [0.25, 0.3) is 5.82 Å². The molecule has 3 aromatic rings. The van der Waals surface area contributed by atoms with E-state index in [-0.39, 0.29) is 18.6 Å². The van der Waals surface area contributed by atoms with Crippen molar-refractivity contribution in [2.24, 2.45) is 0 Å². The summed E-state index contributed by atoms with van der Waals surface area (Å²) in [6, 6.07) is 10.2. The first-order valence-electron chi connectivity index (χ1n) is 9.65. The zero-order valence-electron chi connectivity index (χ0n) is 16.2. The average Bonchev–Trinajstić information content (AvgIpc) is 3.44. The molecule has 1 aliphatic rings. The molecule has 4 rings (SSSR count). The van der Waals surface area contributed by atoms with Crippen molar-refractivity contribution >= 4 is 23.5 Å². The van der Waals surface area contributed by atoms with Crippen molar-refractivity contribution in [1.29, 1.82) is 0 Å². The molecule has 8 nitrogen and oxygen atoms in total. The molecule has 3 N–H and O–H groups in total. The van der Waals surface area contributed by atoms with Crippen molar-refractivity contribution in [1.82, 2.24) is 19.9 Å². The Labute approximate surface area is 178 Å². The summed E-state index contributed by atoms with van der Waals surface area (Å²) in [4.78, 5) is 21.5. The minimum atomic E-state index is -0.553. The highest BCUT2D eigenvalue weighted by Gasteiger charge is 2.18. The van der Waals surface area contributed by atoms with Crippen LogP contribution in [0.1, 0.15) is 28.4 Å². The first-order valence-corrected chi connectivity index (χ1v) is 10.0. The van der Waals surface area contributed by atoms with Gasteiger partial charge in [0, 0.05) is 30.2 Å². The summed E-state index contributed by atoms with van der Waals surface area (Å²) in [5.74, 6) is 0.853. The van der Waals surface area contributed by atoms with Crippen LogP contribution in [0.3, 0.4) is 0 Å². The predicted octanol–water partition coefficient (Wildman–Crippen LogP) is 2.58. The minimum Gasteiger partial charge on any atom is -0.394 e. The number of aromatic nitrogens is 3. The van der Waals surface area contributed by atoms with Gasteiger partial charge in [-0.2, -0.15) is 4.98 Å². The topological polar surface area (TPSA) is 101 Å². The highest BCUT2D eigenvalue weighted by Crippen LogP contribution is 2.19. The maximum Gasteiger partial charge on any atom is 0.253 e. The van der Waals surface area contributed by atoms with E-state index in [0.29, 0.717) is 29.0 Å². The van der Waals surface area contributed by atoms with Crippen LogP contribution in [0.15, 0.2) is 55.0 Å². The van der Waals surface area contributed by atoms with Crippen molar-refractivity contribution in [3.05, 3.63) is 71.1 Å². The largest absolute Gasteiger partial charge is 0.394 e. The van der Waals surface area contributed by atoms with Crippen LogP contribution in [-0.2, 0) is 4.74 Å². The number of halogens is 1. The summed E-state index contributed by atoms with van der Waals surface area (Å²) in [5, 5.41) is 16.3. The Balaban J connectivity index is 1.46. The number of hydrogen-bond acceptors (Lipinski definition) is 6. The molecule has 1 aliphatic heterocycles. The molecular weight excluding hydrogens is 406 g/mol. The lowest BCUT2D eigenvalue weighted by molar-refractivity contribution is 0.0916. The van der Waals surface area contributed by atoms with E-state index in [4.69, 9.17) is 16.3 Å². The van der Waals surface area contributed by atoms with Gasteiger partial charge in [0.2, 0.25) is 5.95 Å². The number of carbonyl (C=O) groups excluding carboxylic acids is 1. The van der Waals surface area contributed by atoms with Crippen LogP contribution in [0.4, 0.5) is 5.95 Å². The highest BCUT2D eigenvalue weighted by molar-refractivity contribution is 6.30. The Morgan fingerprint density at radius 1 is 1.37 bits per heavy atom. The SMILES string of the molecule is O=C(N[C@H](CO)c1cccc(Cl)c1)c1ccn(-c2ccnc(NC3CCOC3)n2)c1. The van der Waals surface area contributed by atoms with Crippen molar-refractivity contribution in [2.75, 3.05) is 25.1 Å². The predicted molar refractivity (Wildman–Crippen MR) is 113 cm³/mol. The minimum absolute atomic E-state index is 0.202. The van der Waals surface area contributed by atoms with Crippen molar-refractivity contribution in [2.45, 2.75) is 18.5 Å². The first kappa shape index (κ1) is 20.3. The van der Waals surface area contributed by atoms with Gasteiger partial charge in [-0.1, -0.05) is 23.7 Å². The molecule has 30 heavy (non-hydrogen) atoms. The van der Waals surface area contributed by atoms with Gasteiger partial charge in [-0.3, -0.25) is 4.79 Å². The lowest BCUT2D eigenvalue weighted by Gasteiger charge is -2.16. The monoisotopic (exact) mass is 427 g/mol. The van der Waals surface area contributed by atoms with E-state index in [0.717, 1.165) is 18.6 Å². The van der Waals surface area contributed by atoms with Crippen molar-refractivity contribution < 1.29 is 14.6 Å². The molecule has 2 aromatic heterocycles. The fraction of sp³-hybridized carbons (Fsp3) is 0.286. The standard InChI is InChI=1S/C21H22ClN5O3/c22-16-3-1-2-14(10-16)18(12-28)25-20(29)15-5-8-27(11-15)19-4-7-23-21(26-19)24-17-6-9-30-13-17/h1-5,7-8,10-11,17-18,28H,6,9,12-13H2,(H,25,29)(H,23,24,26)/t17?,18-/m1/s1. The molecule has 1 saturated heterocycles. The number of carbonyl (C=O) groups is 1. The van der Waals surface area contributed by atoms with Gasteiger partial charge < -0.3 is 25.0 Å². The number of aliphatic hydroxyl groups is 1. The molecule has 0 spiro atoms. The van der Waals surface area contributed by atoms with E-state index in [1.165, 1.54) is 0 Å². The zero-order chi connectivity index (χ0) is 20.9. The summed E-state index contributed by atoms with van der Waals surface area (Å²) < 4.78 is 7.11. The highest BCUT2D eigenvalue weighted by atomic mass is 35.5. The maximum absolute atomic E-state index is 12.7. The Morgan fingerprint density at radius 3 is 3.03 bits per heavy atom. The second-order valence-electron chi connectivity index (χ2n) is 7.01. The van der Waals surface area contributed by atoms with E-state index in [1.54, 1.807) is 53.5 Å². The molecule has 2 atom stereocenters. The van der Waals surface area contributed by atoms with E-state index in [9.17, 15) is 9.90 Å². The number of aliphatic hydroxyl groups excluding tert-OH is 1. The number of amides is 1. The number of benzene rings is 1. The number of ether oxygens (including phenoxy) is 1. The summed E-state index contributed by atoms with van der Waals surface area (Å²) in [6.07, 6.45) is 6.03. The number of rotatable bonds is 7. The first-order chi connectivity index (χ1) is 14.6. The van der Waals surface area contributed by atoms with Gasteiger partial charge in [0.05, 0.1) is 30.9 Å². The maximum atomic E-state index is 12.7. The number of nitrogens with zero attached hydrogens (tertiary/aromatic N) is 3. The van der Waals surface area contributed by atoms with E-state index in [1.807, 2.05) is 6.07 Å². The molecule has 3 heterocycles. The molecular formula is C21H22ClN5O3. The second kappa shape index (κ2) is 9.25. The van der Waals surface area contributed by atoms with Crippen LogP contribution < -0.4 is 10.6 Å². The normalized spacial score (nSPS) is 16.9. The number of anilines is 1. The van der Waals surface area contributed by atoms with Crippen LogP contribution in [-0.4, -0.2) is 51.4 Å². The smallest absolute Gasteiger partial charge is 0.253 e. The fourth-order valence-electron chi connectivity index (χ4n) is 3.27. The third-order valence-electron chi connectivity index (χ3n) is 4.86. The number of nitrogens with one attached hydrogen (secondary N) is 2. The molecule has 1 amide bonds. The van der Waals surface area contributed by atoms with Crippen LogP contribution in [0.2, 0.25) is 5.02 Å². The third kappa shape index (κ3) is 4.79. The quantitative estimate of drug-likeness (QED) is 0.535. The molecule has 1 fully saturated rings. The Hall–Kier alpha value is -2.94. The van der Waals surface area contributed by atoms with Gasteiger partial charge in [0.15, 0.2) is 0 Å². The lowest BCUT2D eigenvalue weighted by atomic mass is 10.1. The van der Waals surface area contributed by atoms with Gasteiger partial charge in [-0.15, -0.1) is 0 Å². The van der Waals surface area contributed by atoms with Crippen LogP contribution in [0, 0.1) is 0 Å². The van der Waals surface area contributed by atoms with Gasteiger partial charge in [0.1, 0.15) is 5.82 Å². The van der Waals surface area contributed by atoms with E-state index >= 15 is 0 Å². The molecule has 0 saturated carbocycles. The Kier molecular flexibility index (Phi) is 6.27. The molecule has 0 aliphatic carbocycles. The molecule has 1 unspecified atom stereocenters. The van der Waals surface area contributed by atoms with Crippen LogP contribution >= 0.6 is 11.6 Å². The fourth-order valence-corrected chi connectivity index (χ4v) is 3.46. The molecule has 9 heteroatoms. The Bertz CT molecular complexity index is 1020. The van der Waals surface area contributed by atoms with Gasteiger partial charge in [0.25, 0.3) is 5.91 Å². The van der Waals surface area contributed by atoms with E-state index < -0.39 is 6.04 Å². The van der Waals surface area contributed by atoms with Crippen molar-refractivity contribution in [3.8, 4) is 5.82 Å². The van der Waals surface area contributed by atoms with Gasteiger partial charge in [-0.05, 0) is 36.2 Å². The van der Waals surface area contributed by atoms with Crippen molar-refractivity contribution in [3.63, 3.8) is 0 Å². The summed E-state index contributed by atoms with van der Waals surface area (Å²) in [7, 11) is 0. The summed E-state index contributed by atoms with van der Waals surface area (Å²) >= 11 is 6.01. The van der Waals surface area contributed by atoms with Gasteiger partial charge >= 0.3 is 0 Å². The molecule has 0 bridgehead atoms. The van der Waals surface area contributed by atoms with E-state index in [2.05, 4.69) is 20.6 Å². The lowest BCUT2D eigenvalue weighted by Crippen LogP contribution is -2.30. The molecule has 0 radical (unpaired) electrons. The molecule has 156 valence electrons. The van der Waals surface area contributed by atoms with Crippen LogP contribution in [0.5, 0.6) is 0 Å². The summed E-state index contributed by atoms with van der Waals surface area (Å²) in [6.45, 7) is 1.14. The summed E-state index contributed by atoms with van der Waals surface area (Å²) in [5.41, 5.74) is 1.19. The third-order valence-corrected chi connectivity index (χ3v) is 5.10. The van der Waals surface area contributed by atoms with Gasteiger partial charge in [-0.25, -0.2) is 4.98 Å². The Morgan fingerprint density at radius 2 is 2.27 bits per heavy atom. The zero-order valence-corrected chi connectivity index (χ0v) is 16.9. The average molecular weight is 428 g/mol. The number of hydrogen-bond donors (Lipinski definition) is 3.